The van der Waals surface area contributed by atoms with Crippen LogP contribution in [0, 0.1) is 13.8 Å². The highest BCUT2D eigenvalue weighted by Gasteiger charge is 2.20. The average Bonchev–Trinajstić information content (AvgIpc) is 3.09. The monoisotopic (exact) mass is 680 g/mol. The largest absolute Gasteiger partial charge is 0.311 e. The minimum Gasteiger partial charge on any atom is -0.311 e. The van der Waals surface area contributed by atoms with Crippen molar-refractivity contribution in [1.82, 2.24) is 0 Å². The van der Waals surface area contributed by atoms with Gasteiger partial charge in [-0.3, -0.25) is 0 Å². The standard InChI is InChI=1S/C50H65N/c1-38-36-46(42-22-16-10-5-11-17-23-42)37-39(2)50(38)45-28-34-49(35-29-45)51(47-30-24-43(25-31-47)40-18-12-6-3-7-13-19-40)48-32-26-44(27-33-48)41-20-14-8-4-9-15-21-41/h24-37,40-42H,3-23H2,1-2H3. The molecule has 0 amide bonds. The van der Waals surface area contributed by atoms with E-state index >= 15 is 0 Å². The van der Waals surface area contributed by atoms with Crippen molar-refractivity contribution >= 4 is 17.1 Å². The lowest BCUT2D eigenvalue weighted by molar-refractivity contribution is 0.455. The summed E-state index contributed by atoms with van der Waals surface area (Å²) in [6.45, 7) is 4.67. The highest BCUT2D eigenvalue weighted by atomic mass is 15.1. The second-order valence-corrected chi connectivity index (χ2v) is 16.7. The Bertz CT molecular complexity index is 1530. The number of benzene rings is 4. The van der Waals surface area contributed by atoms with Crippen molar-refractivity contribution < 1.29 is 0 Å². The fourth-order valence-corrected chi connectivity index (χ4v) is 10.1. The van der Waals surface area contributed by atoms with Crippen molar-refractivity contribution in [3.8, 4) is 11.1 Å². The molecule has 4 aromatic rings. The van der Waals surface area contributed by atoms with E-state index in [0.717, 1.165) is 5.92 Å². The first kappa shape index (κ1) is 36.1. The Morgan fingerprint density at radius 2 is 0.647 bits per heavy atom. The predicted octanol–water partition coefficient (Wildman–Crippen LogP) is 15.9. The molecule has 4 aromatic carbocycles. The molecule has 0 spiro atoms. The van der Waals surface area contributed by atoms with Crippen LogP contribution in [0.4, 0.5) is 17.1 Å². The van der Waals surface area contributed by atoms with Gasteiger partial charge in [-0.2, -0.15) is 0 Å². The third-order valence-corrected chi connectivity index (χ3v) is 13.0. The third-order valence-electron chi connectivity index (χ3n) is 13.0. The number of hydrogen-bond donors (Lipinski definition) is 0. The van der Waals surface area contributed by atoms with Crippen LogP contribution in [0.15, 0.2) is 84.9 Å². The highest BCUT2D eigenvalue weighted by Crippen LogP contribution is 2.41. The summed E-state index contributed by atoms with van der Waals surface area (Å²) in [5.74, 6) is 2.14. The molecule has 0 N–H and O–H groups in total. The van der Waals surface area contributed by atoms with Gasteiger partial charge in [-0.05, 0) is 145 Å². The van der Waals surface area contributed by atoms with E-state index in [9.17, 15) is 0 Å². The van der Waals surface area contributed by atoms with Crippen molar-refractivity contribution in [3.63, 3.8) is 0 Å². The van der Waals surface area contributed by atoms with Gasteiger partial charge in [-0.1, -0.05) is 145 Å². The molecule has 0 atom stereocenters. The zero-order valence-corrected chi connectivity index (χ0v) is 32.1. The molecule has 3 aliphatic rings. The summed E-state index contributed by atoms with van der Waals surface area (Å²) in [5.41, 5.74) is 14.0. The lowest BCUT2D eigenvalue weighted by atomic mass is 9.83. The molecule has 7 rings (SSSR count). The van der Waals surface area contributed by atoms with E-state index in [1.54, 1.807) is 5.56 Å². The Morgan fingerprint density at radius 3 is 1.00 bits per heavy atom. The first-order valence-corrected chi connectivity index (χ1v) is 21.4. The first-order chi connectivity index (χ1) is 25.1. The summed E-state index contributed by atoms with van der Waals surface area (Å²) in [7, 11) is 0. The SMILES string of the molecule is Cc1cc(C2CCCCCCC2)cc(C)c1-c1ccc(N(c2ccc(C3CCCCCCC3)cc2)c2ccc(C3CCCCCCC3)cc2)cc1. The molecule has 51 heavy (non-hydrogen) atoms. The van der Waals surface area contributed by atoms with Crippen LogP contribution >= 0.6 is 0 Å². The summed E-state index contributed by atoms with van der Waals surface area (Å²) in [6.07, 6.45) is 29.0. The predicted molar refractivity (Wildman–Crippen MR) is 221 cm³/mol. The van der Waals surface area contributed by atoms with Crippen molar-refractivity contribution in [2.24, 2.45) is 0 Å². The molecular formula is C50H65N. The smallest absolute Gasteiger partial charge is 0.0462 e. The van der Waals surface area contributed by atoms with Crippen LogP contribution in [0.5, 0.6) is 0 Å². The lowest BCUT2D eigenvalue weighted by Gasteiger charge is -2.28. The maximum Gasteiger partial charge on any atom is 0.0462 e. The molecule has 0 unspecified atom stereocenters. The number of rotatable bonds is 7. The molecule has 3 saturated carbocycles. The quantitative estimate of drug-likeness (QED) is 0.188. The molecule has 1 nitrogen and oxygen atoms in total. The van der Waals surface area contributed by atoms with Crippen molar-refractivity contribution in [3.05, 3.63) is 113 Å². The molecule has 0 saturated heterocycles. The first-order valence-electron chi connectivity index (χ1n) is 21.4. The van der Waals surface area contributed by atoms with Crippen LogP contribution in [0.2, 0.25) is 0 Å². The van der Waals surface area contributed by atoms with Gasteiger partial charge in [-0.15, -0.1) is 0 Å². The molecule has 0 radical (unpaired) electrons. The number of anilines is 3. The Balaban J connectivity index is 1.17. The van der Waals surface area contributed by atoms with E-state index in [1.807, 2.05) is 0 Å². The van der Waals surface area contributed by atoms with Gasteiger partial charge in [0.2, 0.25) is 0 Å². The Hall–Kier alpha value is -3.32. The topological polar surface area (TPSA) is 3.24 Å². The van der Waals surface area contributed by atoms with Gasteiger partial charge in [0, 0.05) is 17.1 Å². The second kappa shape index (κ2) is 17.9. The molecule has 0 aliphatic heterocycles. The molecule has 0 bridgehead atoms. The van der Waals surface area contributed by atoms with Crippen LogP contribution in [-0.4, -0.2) is 0 Å². The fraction of sp³-hybridized carbons (Fsp3) is 0.520. The summed E-state index contributed by atoms with van der Waals surface area (Å²) < 4.78 is 0. The van der Waals surface area contributed by atoms with Crippen molar-refractivity contribution in [2.45, 2.75) is 166 Å². The van der Waals surface area contributed by atoms with E-state index in [2.05, 4.69) is 104 Å². The fourth-order valence-electron chi connectivity index (χ4n) is 10.1. The molecule has 0 heterocycles. The Labute approximate surface area is 311 Å². The van der Waals surface area contributed by atoms with E-state index in [4.69, 9.17) is 0 Å². The van der Waals surface area contributed by atoms with Crippen LogP contribution in [0.25, 0.3) is 11.1 Å². The Morgan fingerprint density at radius 1 is 0.353 bits per heavy atom. The summed E-state index contributed by atoms with van der Waals surface area (Å²) in [5, 5.41) is 0. The molecule has 1 heteroatoms. The van der Waals surface area contributed by atoms with Gasteiger partial charge in [0.15, 0.2) is 0 Å². The maximum atomic E-state index is 2.52. The van der Waals surface area contributed by atoms with Gasteiger partial charge in [0.25, 0.3) is 0 Å². The van der Waals surface area contributed by atoms with Gasteiger partial charge in [-0.25, -0.2) is 0 Å². The highest BCUT2D eigenvalue weighted by molar-refractivity contribution is 5.79. The van der Waals surface area contributed by atoms with Crippen molar-refractivity contribution in [1.29, 1.82) is 0 Å². The third kappa shape index (κ3) is 9.19. The van der Waals surface area contributed by atoms with Crippen LogP contribution in [0.3, 0.4) is 0 Å². The van der Waals surface area contributed by atoms with Gasteiger partial charge < -0.3 is 4.90 Å². The van der Waals surface area contributed by atoms with E-state index in [-0.39, 0.29) is 0 Å². The van der Waals surface area contributed by atoms with Crippen LogP contribution < -0.4 is 4.90 Å². The van der Waals surface area contributed by atoms with Crippen LogP contribution in [-0.2, 0) is 0 Å². The zero-order valence-electron chi connectivity index (χ0n) is 32.1. The van der Waals surface area contributed by atoms with E-state index < -0.39 is 0 Å². The second-order valence-electron chi connectivity index (χ2n) is 16.7. The number of aryl methyl sites for hydroxylation is 2. The lowest BCUT2D eigenvalue weighted by Crippen LogP contribution is -2.11. The molecular weight excluding hydrogens is 615 g/mol. The van der Waals surface area contributed by atoms with E-state index in [0.29, 0.717) is 11.8 Å². The van der Waals surface area contributed by atoms with Gasteiger partial charge in [0.1, 0.15) is 0 Å². The molecule has 3 aliphatic carbocycles. The van der Waals surface area contributed by atoms with E-state index in [1.165, 1.54) is 185 Å². The summed E-state index contributed by atoms with van der Waals surface area (Å²) in [6, 6.07) is 33.9. The molecule has 270 valence electrons. The number of hydrogen-bond acceptors (Lipinski definition) is 1. The van der Waals surface area contributed by atoms with Gasteiger partial charge >= 0.3 is 0 Å². The maximum absolute atomic E-state index is 2.52. The minimum absolute atomic E-state index is 0.708. The summed E-state index contributed by atoms with van der Waals surface area (Å²) >= 11 is 0. The van der Waals surface area contributed by atoms with Gasteiger partial charge in [0.05, 0.1) is 0 Å². The molecule has 3 fully saturated rings. The molecule has 0 aromatic heterocycles. The van der Waals surface area contributed by atoms with Crippen molar-refractivity contribution in [2.75, 3.05) is 4.90 Å². The average molecular weight is 680 g/mol. The summed E-state index contributed by atoms with van der Waals surface area (Å²) in [4.78, 5) is 2.49. The van der Waals surface area contributed by atoms with Crippen LogP contribution in [0.1, 0.15) is 180 Å². The zero-order chi connectivity index (χ0) is 34.8. The normalized spacial score (nSPS) is 19.3. The minimum atomic E-state index is 0.708. The Kier molecular flexibility index (Phi) is 12.7. The number of nitrogens with zero attached hydrogens (tertiary/aromatic N) is 1.